The fraction of sp³-hybridized carbons (Fsp3) is 0.227. The van der Waals surface area contributed by atoms with Crippen LogP contribution in [0.25, 0.3) is 16.2 Å². The SMILES string of the molecule is Cc1ccc(F)c(-c2nc3sc(C)c(C)n3c2Nc2c(C)cccc2C)c1. The van der Waals surface area contributed by atoms with Gasteiger partial charge in [0.15, 0.2) is 4.96 Å². The maximum Gasteiger partial charge on any atom is 0.196 e. The standard InChI is InChI=1S/C22H22FN3S/c1-12-9-10-18(23)17(11-12)20-21(24-19-13(2)7-6-8-14(19)3)26-15(4)16(5)27-22(26)25-20/h6-11,24H,1-5H3. The number of para-hydroxylation sites is 1. The molecule has 2 aromatic heterocycles. The van der Waals surface area contributed by atoms with Crippen LogP contribution in [0.4, 0.5) is 15.9 Å². The summed E-state index contributed by atoms with van der Waals surface area (Å²) in [7, 11) is 0. The Morgan fingerprint density at radius 3 is 2.41 bits per heavy atom. The summed E-state index contributed by atoms with van der Waals surface area (Å²) in [6, 6.07) is 11.4. The van der Waals surface area contributed by atoms with Crippen molar-refractivity contribution in [2.45, 2.75) is 34.6 Å². The van der Waals surface area contributed by atoms with Gasteiger partial charge in [-0.25, -0.2) is 9.37 Å². The summed E-state index contributed by atoms with van der Waals surface area (Å²) in [4.78, 5) is 6.88. The molecule has 3 nitrogen and oxygen atoms in total. The molecule has 5 heteroatoms. The summed E-state index contributed by atoms with van der Waals surface area (Å²) < 4.78 is 16.8. The van der Waals surface area contributed by atoms with Crippen LogP contribution in [0.3, 0.4) is 0 Å². The molecule has 0 radical (unpaired) electrons. The lowest BCUT2D eigenvalue weighted by Gasteiger charge is -2.14. The number of imidazole rings is 1. The zero-order valence-electron chi connectivity index (χ0n) is 16.1. The number of hydrogen-bond donors (Lipinski definition) is 1. The Kier molecular flexibility index (Phi) is 4.27. The van der Waals surface area contributed by atoms with Gasteiger partial charge in [0.2, 0.25) is 0 Å². The molecule has 2 aromatic carbocycles. The molecule has 0 spiro atoms. The third-order valence-corrected chi connectivity index (χ3v) is 6.10. The minimum absolute atomic E-state index is 0.259. The number of nitrogens with zero attached hydrogens (tertiary/aromatic N) is 2. The monoisotopic (exact) mass is 379 g/mol. The number of thiazole rings is 1. The maximum absolute atomic E-state index is 14.7. The van der Waals surface area contributed by atoms with Crippen LogP contribution in [0.1, 0.15) is 27.3 Å². The highest BCUT2D eigenvalue weighted by molar-refractivity contribution is 7.17. The highest BCUT2D eigenvalue weighted by atomic mass is 32.1. The number of nitrogens with one attached hydrogen (secondary N) is 1. The van der Waals surface area contributed by atoms with Gasteiger partial charge in [0.25, 0.3) is 0 Å². The molecular formula is C22H22FN3S. The lowest BCUT2D eigenvalue weighted by atomic mass is 10.1. The first-order valence-electron chi connectivity index (χ1n) is 8.95. The molecule has 0 atom stereocenters. The van der Waals surface area contributed by atoms with Crippen molar-refractivity contribution >= 4 is 27.8 Å². The van der Waals surface area contributed by atoms with Crippen molar-refractivity contribution in [1.82, 2.24) is 9.38 Å². The van der Waals surface area contributed by atoms with Crippen LogP contribution in [-0.4, -0.2) is 9.38 Å². The van der Waals surface area contributed by atoms with Crippen molar-refractivity contribution in [2.75, 3.05) is 5.32 Å². The number of rotatable bonds is 3. The van der Waals surface area contributed by atoms with Gasteiger partial charge in [-0.1, -0.05) is 29.8 Å². The van der Waals surface area contributed by atoms with Crippen molar-refractivity contribution < 1.29 is 4.39 Å². The van der Waals surface area contributed by atoms with Crippen LogP contribution in [0.2, 0.25) is 0 Å². The zero-order valence-corrected chi connectivity index (χ0v) is 17.0. The van der Waals surface area contributed by atoms with Crippen LogP contribution >= 0.6 is 11.3 Å². The highest BCUT2D eigenvalue weighted by Gasteiger charge is 2.22. The predicted molar refractivity (Wildman–Crippen MR) is 112 cm³/mol. The largest absolute Gasteiger partial charge is 0.339 e. The highest BCUT2D eigenvalue weighted by Crippen LogP contribution is 2.38. The van der Waals surface area contributed by atoms with Crippen LogP contribution in [0.5, 0.6) is 0 Å². The van der Waals surface area contributed by atoms with Crippen LogP contribution < -0.4 is 5.32 Å². The summed E-state index contributed by atoms with van der Waals surface area (Å²) >= 11 is 1.63. The van der Waals surface area contributed by atoms with E-state index in [1.54, 1.807) is 17.4 Å². The van der Waals surface area contributed by atoms with Crippen molar-refractivity contribution in [3.63, 3.8) is 0 Å². The Morgan fingerprint density at radius 2 is 1.70 bits per heavy atom. The molecule has 0 saturated carbocycles. The Bertz CT molecular complexity index is 1150. The summed E-state index contributed by atoms with van der Waals surface area (Å²) in [5.41, 5.74) is 6.63. The number of aromatic nitrogens is 2. The minimum Gasteiger partial charge on any atom is -0.339 e. The fourth-order valence-corrected chi connectivity index (χ4v) is 4.37. The van der Waals surface area contributed by atoms with E-state index in [9.17, 15) is 4.39 Å². The lowest BCUT2D eigenvalue weighted by molar-refractivity contribution is 0.630. The average Bonchev–Trinajstić information content (AvgIpc) is 3.10. The van der Waals surface area contributed by atoms with Crippen molar-refractivity contribution in [3.8, 4) is 11.3 Å². The van der Waals surface area contributed by atoms with Crippen LogP contribution in [-0.2, 0) is 0 Å². The third-order valence-electron chi connectivity index (χ3n) is 5.04. The molecule has 0 bridgehead atoms. The fourth-order valence-electron chi connectivity index (χ4n) is 3.40. The van der Waals surface area contributed by atoms with E-state index >= 15 is 0 Å². The van der Waals surface area contributed by atoms with E-state index in [4.69, 9.17) is 4.98 Å². The summed E-state index contributed by atoms with van der Waals surface area (Å²) in [6.07, 6.45) is 0. The summed E-state index contributed by atoms with van der Waals surface area (Å²) in [6.45, 7) is 10.3. The Balaban J connectivity index is 2.00. The second-order valence-electron chi connectivity index (χ2n) is 7.05. The molecule has 4 aromatic rings. The van der Waals surface area contributed by atoms with E-state index in [-0.39, 0.29) is 5.82 Å². The molecule has 0 amide bonds. The number of anilines is 2. The molecule has 0 fully saturated rings. The normalized spacial score (nSPS) is 11.3. The molecule has 4 rings (SSSR count). The molecule has 0 aliphatic carbocycles. The van der Waals surface area contributed by atoms with Crippen LogP contribution in [0.15, 0.2) is 36.4 Å². The second-order valence-corrected chi connectivity index (χ2v) is 8.23. The number of benzene rings is 2. The van der Waals surface area contributed by atoms with E-state index in [2.05, 4.69) is 49.5 Å². The molecule has 0 aliphatic heterocycles. The molecule has 27 heavy (non-hydrogen) atoms. The quantitative estimate of drug-likeness (QED) is 0.441. The average molecular weight is 380 g/mol. The lowest BCUT2D eigenvalue weighted by Crippen LogP contribution is -2.02. The van der Waals surface area contributed by atoms with Crippen molar-refractivity contribution in [1.29, 1.82) is 0 Å². The van der Waals surface area contributed by atoms with Gasteiger partial charge in [-0.15, -0.1) is 11.3 Å². The van der Waals surface area contributed by atoms with E-state index in [1.807, 2.05) is 19.1 Å². The molecule has 0 unspecified atom stereocenters. The number of halogens is 1. The van der Waals surface area contributed by atoms with Gasteiger partial charge in [-0.05, 0) is 57.9 Å². The Hall–Kier alpha value is -2.66. The molecule has 0 aliphatic rings. The van der Waals surface area contributed by atoms with E-state index in [0.717, 1.165) is 38.9 Å². The van der Waals surface area contributed by atoms with Gasteiger partial charge in [0, 0.05) is 21.8 Å². The van der Waals surface area contributed by atoms with Crippen molar-refractivity contribution in [2.24, 2.45) is 0 Å². The third kappa shape index (κ3) is 2.92. The summed E-state index contributed by atoms with van der Waals surface area (Å²) in [5.74, 6) is 0.555. The van der Waals surface area contributed by atoms with Gasteiger partial charge < -0.3 is 5.32 Å². The first-order chi connectivity index (χ1) is 12.9. The van der Waals surface area contributed by atoms with Gasteiger partial charge in [-0.2, -0.15) is 0 Å². The Labute approximate surface area is 162 Å². The molecule has 1 N–H and O–H groups in total. The first-order valence-corrected chi connectivity index (χ1v) is 9.76. The molecule has 138 valence electrons. The minimum atomic E-state index is -0.259. The van der Waals surface area contributed by atoms with E-state index in [0.29, 0.717) is 11.3 Å². The Morgan fingerprint density at radius 1 is 1.00 bits per heavy atom. The molecular weight excluding hydrogens is 357 g/mol. The zero-order chi connectivity index (χ0) is 19.3. The van der Waals surface area contributed by atoms with Crippen LogP contribution in [0, 0.1) is 40.4 Å². The molecule has 0 saturated heterocycles. The van der Waals surface area contributed by atoms with E-state index in [1.165, 1.54) is 10.9 Å². The van der Waals surface area contributed by atoms with Crippen molar-refractivity contribution in [3.05, 3.63) is 69.5 Å². The van der Waals surface area contributed by atoms with Gasteiger partial charge in [0.05, 0.1) is 0 Å². The van der Waals surface area contributed by atoms with Gasteiger partial charge in [-0.3, -0.25) is 4.40 Å². The maximum atomic E-state index is 14.7. The smallest absolute Gasteiger partial charge is 0.196 e. The predicted octanol–water partition coefficient (Wildman–Crippen LogP) is 6.49. The topological polar surface area (TPSA) is 29.3 Å². The van der Waals surface area contributed by atoms with E-state index < -0.39 is 0 Å². The number of aryl methyl sites for hydroxylation is 5. The molecule has 2 heterocycles. The number of fused-ring (bicyclic) bond motifs is 1. The second kappa shape index (κ2) is 6.50. The number of hydrogen-bond acceptors (Lipinski definition) is 3. The van der Waals surface area contributed by atoms with Gasteiger partial charge in [0.1, 0.15) is 17.3 Å². The van der Waals surface area contributed by atoms with Gasteiger partial charge >= 0.3 is 0 Å². The first kappa shape index (κ1) is 17.7. The summed E-state index contributed by atoms with van der Waals surface area (Å²) in [5, 5.41) is 3.57.